The molecule has 3 aromatic carbocycles. The number of hydrazone groups is 1. The second-order valence-corrected chi connectivity index (χ2v) is 6.70. The van der Waals surface area contributed by atoms with Gasteiger partial charge in [0.25, 0.3) is 5.91 Å². The van der Waals surface area contributed by atoms with Crippen molar-refractivity contribution in [1.29, 1.82) is 0 Å². The molecule has 0 spiro atoms. The molecule has 0 radical (unpaired) electrons. The van der Waals surface area contributed by atoms with Crippen LogP contribution in [0, 0.1) is 0 Å². The fourth-order valence-corrected chi connectivity index (χ4v) is 2.91. The summed E-state index contributed by atoms with van der Waals surface area (Å²) in [7, 11) is 0. The first-order chi connectivity index (χ1) is 13.2. The molecule has 0 fully saturated rings. The molecule has 3 rings (SSSR count). The molecule has 27 heavy (non-hydrogen) atoms. The number of rotatable bonds is 7. The van der Waals surface area contributed by atoms with E-state index in [0.29, 0.717) is 6.61 Å². The van der Waals surface area contributed by atoms with Crippen LogP contribution in [0.15, 0.2) is 70.2 Å². The van der Waals surface area contributed by atoms with Crippen molar-refractivity contribution in [2.75, 3.05) is 18.5 Å². The zero-order valence-corrected chi connectivity index (χ0v) is 16.5. The Morgan fingerprint density at radius 3 is 2.67 bits per heavy atom. The Bertz CT molecular complexity index is 955. The van der Waals surface area contributed by atoms with E-state index in [1.807, 2.05) is 67.6 Å². The van der Waals surface area contributed by atoms with Crippen LogP contribution in [0.4, 0.5) is 5.69 Å². The van der Waals surface area contributed by atoms with E-state index < -0.39 is 0 Å². The van der Waals surface area contributed by atoms with Gasteiger partial charge in [0, 0.05) is 15.7 Å². The Labute approximate surface area is 166 Å². The molecule has 3 aromatic rings. The zero-order valence-electron chi connectivity index (χ0n) is 14.9. The van der Waals surface area contributed by atoms with E-state index in [1.54, 1.807) is 6.21 Å². The summed E-state index contributed by atoms with van der Waals surface area (Å²) in [6, 6.07) is 19.5. The van der Waals surface area contributed by atoms with Crippen molar-refractivity contribution in [1.82, 2.24) is 5.43 Å². The van der Waals surface area contributed by atoms with E-state index in [1.165, 1.54) is 0 Å². The number of anilines is 1. The number of hydrogen-bond donors (Lipinski definition) is 2. The van der Waals surface area contributed by atoms with Crippen molar-refractivity contribution in [2.45, 2.75) is 6.92 Å². The Hall–Kier alpha value is -2.86. The summed E-state index contributed by atoms with van der Waals surface area (Å²) in [4.78, 5) is 12.0. The van der Waals surface area contributed by atoms with Crippen molar-refractivity contribution >= 4 is 44.5 Å². The summed E-state index contributed by atoms with van der Waals surface area (Å²) < 4.78 is 6.69. The van der Waals surface area contributed by atoms with Crippen LogP contribution in [0.25, 0.3) is 10.8 Å². The first-order valence-corrected chi connectivity index (χ1v) is 9.42. The number of halogens is 1. The maximum Gasteiger partial charge on any atom is 0.259 e. The van der Waals surface area contributed by atoms with Crippen LogP contribution >= 0.6 is 15.9 Å². The van der Waals surface area contributed by atoms with E-state index in [0.717, 1.165) is 32.2 Å². The molecule has 1 amide bonds. The largest absolute Gasteiger partial charge is 0.493 e. The third-order valence-corrected chi connectivity index (χ3v) is 4.44. The van der Waals surface area contributed by atoms with E-state index in [2.05, 4.69) is 31.8 Å². The molecule has 6 heteroatoms. The second kappa shape index (κ2) is 9.19. The highest BCUT2D eigenvalue weighted by molar-refractivity contribution is 9.10. The molecule has 2 N–H and O–H groups in total. The number of benzene rings is 3. The van der Waals surface area contributed by atoms with Crippen LogP contribution in [-0.2, 0) is 4.79 Å². The smallest absolute Gasteiger partial charge is 0.259 e. The third-order valence-electron chi connectivity index (χ3n) is 3.91. The highest BCUT2D eigenvalue weighted by Gasteiger charge is 2.07. The maximum absolute atomic E-state index is 12.0. The number of nitrogens with zero attached hydrogens (tertiary/aromatic N) is 1. The van der Waals surface area contributed by atoms with Crippen LogP contribution in [0.2, 0.25) is 0 Å². The number of carbonyl (C=O) groups excluding carboxylic acids is 1. The molecule has 0 aromatic heterocycles. The monoisotopic (exact) mass is 425 g/mol. The first-order valence-electron chi connectivity index (χ1n) is 8.63. The van der Waals surface area contributed by atoms with Gasteiger partial charge in [0.2, 0.25) is 0 Å². The summed E-state index contributed by atoms with van der Waals surface area (Å²) >= 11 is 3.38. The predicted molar refractivity (Wildman–Crippen MR) is 113 cm³/mol. The molecule has 0 bridgehead atoms. The fourth-order valence-electron chi connectivity index (χ4n) is 2.65. The average molecular weight is 426 g/mol. The number of fused-ring (bicyclic) bond motifs is 1. The lowest BCUT2D eigenvalue weighted by Crippen LogP contribution is -2.25. The molecular weight excluding hydrogens is 406 g/mol. The van der Waals surface area contributed by atoms with Gasteiger partial charge in [-0.1, -0.05) is 46.3 Å². The molecule has 0 aliphatic heterocycles. The van der Waals surface area contributed by atoms with Gasteiger partial charge in [-0.05, 0) is 48.0 Å². The van der Waals surface area contributed by atoms with Gasteiger partial charge in [-0.2, -0.15) is 5.10 Å². The summed E-state index contributed by atoms with van der Waals surface area (Å²) in [5.41, 5.74) is 4.26. The van der Waals surface area contributed by atoms with Gasteiger partial charge in [0.1, 0.15) is 5.75 Å². The average Bonchev–Trinajstić information content (AvgIpc) is 2.69. The van der Waals surface area contributed by atoms with Gasteiger partial charge < -0.3 is 10.1 Å². The van der Waals surface area contributed by atoms with E-state index in [-0.39, 0.29) is 12.5 Å². The highest BCUT2D eigenvalue weighted by Crippen LogP contribution is 2.26. The Morgan fingerprint density at radius 2 is 1.89 bits per heavy atom. The van der Waals surface area contributed by atoms with E-state index in [9.17, 15) is 4.79 Å². The molecule has 0 aliphatic rings. The van der Waals surface area contributed by atoms with Gasteiger partial charge in [0.15, 0.2) is 0 Å². The minimum atomic E-state index is -0.229. The van der Waals surface area contributed by atoms with Crippen molar-refractivity contribution in [2.24, 2.45) is 5.10 Å². The zero-order chi connectivity index (χ0) is 19.1. The van der Waals surface area contributed by atoms with Crippen molar-refractivity contribution in [3.8, 4) is 5.75 Å². The number of ether oxygens (including phenoxy) is 1. The number of amides is 1. The standard InChI is InChI=1S/C21H20BrN3O2/c1-2-27-20-12-7-15-5-3-4-6-18(15)19(20)13-24-25-21(26)14-23-17-10-8-16(22)9-11-17/h3-13,23H,2,14H2,1H3,(H,25,26)/b24-13-. The summed E-state index contributed by atoms with van der Waals surface area (Å²) in [5, 5.41) is 9.27. The third kappa shape index (κ3) is 5.08. The fraction of sp³-hybridized carbons (Fsp3) is 0.143. The van der Waals surface area contributed by atoms with Gasteiger partial charge in [0.05, 0.1) is 19.4 Å². The summed E-state index contributed by atoms with van der Waals surface area (Å²) in [5.74, 6) is 0.509. The summed E-state index contributed by atoms with van der Waals surface area (Å²) in [6.07, 6.45) is 1.63. The van der Waals surface area contributed by atoms with Crippen LogP contribution < -0.4 is 15.5 Å². The van der Waals surface area contributed by atoms with Crippen LogP contribution in [0.5, 0.6) is 5.75 Å². The highest BCUT2D eigenvalue weighted by atomic mass is 79.9. The van der Waals surface area contributed by atoms with Crippen LogP contribution in [-0.4, -0.2) is 25.3 Å². The van der Waals surface area contributed by atoms with Gasteiger partial charge in [-0.3, -0.25) is 4.79 Å². The van der Waals surface area contributed by atoms with E-state index in [4.69, 9.17) is 4.74 Å². The minimum absolute atomic E-state index is 0.132. The number of hydrogen-bond acceptors (Lipinski definition) is 4. The molecule has 138 valence electrons. The predicted octanol–water partition coefficient (Wildman–Crippen LogP) is 4.56. The number of carbonyl (C=O) groups is 1. The van der Waals surface area contributed by atoms with Gasteiger partial charge in [-0.15, -0.1) is 0 Å². The van der Waals surface area contributed by atoms with Gasteiger partial charge in [-0.25, -0.2) is 5.43 Å². The molecular formula is C21H20BrN3O2. The van der Waals surface area contributed by atoms with Crippen molar-refractivity contribution in [3.63, 3.8) is 0 Å². The Kier molecular flexibility index (Phi) is 6.44. The molecule has 0 saturated heterocycles. The SMILES string of the molecule is CCOc1ccc2ccccc2c1/C=N\NC(=O)CNc1ccc(Br)cc1. The topological polar surface area (TPSA) is 62.7 Å². The first kappa shape index (κ1) is 18.9. The van der Waals surface area contributed by atoms with Crippen molar-refractivity contribution in [3.05, 3.63) is 70.7 Å². The van der Waals surface area contributed by atoms with Crippen LogP contribution in [0.3, 0.4) is 0 Å². The van der Waals surface area contributed by atoms with Crippen LogP contribution in [0.1, 0.15) is 12.5 Å². The quantitative estimate of drug-likeness (QED) is 0.430. The lowest BCUT2D eigenvalue weighted by Gasteiger charge is -2.10. The normalized spacial score (nSPS) is 10.9. The molecule has 0 atom stereocenters. The Morgan fingerprint density at radius 1 is 1.11 bits per heavy atom. The lowest BCUT2D eigenvalue weighted by molar-refractivity contribution is -0.119. The maximum atomic E-state index is 12.0. The Balaban J connectivity index is 1.67. The van der Waals surface area contributed by atoms with E-state index >= 15 is 0 Å². The molecule has 5 nitrogen and oxygen atoms in total. The van der Waals surface area contributed by atoms with Gasteiger partial charge >= 0.3 is 0 Å². The summed E-state index contributed by atoms with van der Waals surface area (Å²) in [6.45, 7) is 2.63. The van der Waals surface area contributed by atoms with Crippen molar-refractivity contribution < 1.29 is 9.53 Å². The molecule has 0 unspecified atom stereocenters. The molecule has 0 saturated carbocycles. The second-order valence-electron chi connectivity index (χ2n) is 5.79. The molecule has 0 aliphatic carbocycles. The minimum Gasteiger partial charge on any atom is -0.493 e. The molecule has 0 heterocycles. The number of nitrogens with one attached hydrogen (secondary N) is 2. The lowest BCUT2D eigenvalue weighted by atomic mass is 10.0.